The molecule has 0 aromatic heterocycles. The standard InChI is InChI=1S/C21H22F2N2O.ClH/c22-21(23,14-26)20(25-11-9-24-10-12-25)19-13-15-5-1-2-6-16(15)17-7-3-4-8-18(17)19;/h1-8,13,20,24,26H,9-12,14H2;1H/t20-;/m1./s1. The first kappa shape index (κ1) is 20.0. The summed E-state index contributed by atoms with van der Waals surface area (Å²) in [6.45, 7) is 1.23. The van der Waals surface area contributed by atoms with Gasteiger partial charge in [-0.05, 0) is 33.2 Å². The van der Waals surface area contributed by atoms with Crippen LogP contribution in [0, 0.1) is 0 Å². The second kappa shape index (κ2) is 8.07. The van der Waals surface area contributed by atoms with Crippen molar-refractivity contribution < 1.29 is 13.9 Å². The predicted molar refractivity (Wildman–Crippen MR) is 108 cm³/mol. The summed E-state index contributed by atoms with van der Waals surface area (Å²) in [5, 5.41) is 16.4. The molecule has 0 spiro atoms. The lowest BCUT2D eigenvalue weighted by atomic mass is 9.89. The van der Waals surface area contributed by atoms with E-state index in [1.165, 1.54) is 0 Å². The molecule has 3 aromatic rings. The van der Waals surface area contributed by atoms with E-state index >= 15 is 0 Å². The molecular weight excluding hydrogens is 370 g/mol. The summed E-state index contributed by atoms with van der Waals surface area (Å²) < 4.78 is 29.8. The van der Waals surface area contributed by atoms with Crippen LogP contribution in [0.15, 0.2) is 54.6 Å². The lowest BCUT2D eigenvalue weighted by Crippen LogP contribution is -2.51. The molecule has 3 nitrogen and oxygen atoms in total. The first-order valence-corrected chi connectivity index (χ1v) is 8.95. The minimum absolute atomic E-state index is 0. The molecule has 1 atom stereocenters. The molecule has 0 amide bonds. The molecule has 1 fully saturated rings. The van der Waals surface area contributed by atoms with E-state index in [0.29, 0.717) is 31.7 Å². The minimum Gasteiger partial charge on any atom is -0.390 e. The maximum absolute atomic E-state index is 14.9. The Morgan fingerprint density at radius 2 is 1.56 bits per heavy atom. The number of fused-ring (bicyclic) bond motifs is 3. The highest BCUT2D eigenvalue weighted by molar-refractivity contribution is 6.09. The third-order valence-electron chi connectivity index (χ3n) is 5.22. The molecule has 0 saturated carbocycles. The number of nitrogens with zero attached hydrogens (tertiary/aromatic N) is 1. The van der Waals surface area contributed by atoms with Gasteiger partial charge < -0.3 is 10.4 Å². The number of aliphatic hydroxyl groups is 1. The van der Waals surface area contributed by atoms with Gasteiger partial charge in [-0.15, -0.1) is 12.4 Å². The Kier molecular flexibility index (Phi) is 5.96. The van der Waals surface area contributed by atoms with Crippen LogP contribution in [-0.2, 0) is 0 Å². The van der Waals surface area contributed by atoms with Gasteiger partial charge in [-0.3, -0.25) is 4.90 Å². The van der Waals surface area contributed by atoms with Crippen molar-refractivity contribution in [3.05, 3.63) is 60.2 Å². The summed E-state index contributed by atoms with van der Waals surface area (Å²) in [6.07, 6.45) is 0. The number of hydrogen-bond acceptors (Lipinski definition) is 3. The van der Waals surface area contributed by atoms with E-state index in [1.807, 2.05) is 54.6 Å². The van der Waals surface area contributed by atoms with E-state index in [9.17, 15) is 13.9 Å². The van der Waals surface area contributed by atoms with E-state index in [0.717, 1.165) is 21.5 Å². The largest absolute Gasteiger partial charge is 0.390 e. The fraction of sp³-hybridized carbons (Fsp3) is 0.333. The van der Waals surface area contributed by atoms with Crippen molar-refractivity contribution in [1.82, 2.24) is 10.2 Å². The average molecular weight is 393 g/mol. The second-order valence-electron chi connectivity index (χ2n) is 6.84. The molecule has 1 aliphatic heterocycles. The second-order valence-corrected chi connectivity index (χ2v) is 6.84. The van der Waals surface area contributed by atoms with E-state index in [-0.39, 0.29) is 12.4 Å². The van der Waals surface area contributed by atoms with Crippen molar-refractivity contribution in [2.45, 2.75) is 12.0 Å². The minimum atomic E-state index is -3.22. The van der Waals surface area contributed by atoms with Gasteiger partial charge in [0.15, 0.2) is 0 Å². The van der Waals surface area contributed by atoms with E-state index in [4.69, 9.17) is 0 Å². The number of aliphatic hydroxyl groups excluding tert-OH is 1. The van der Waals surface area contributed by atoms with Crippen molar-refractivity contribution in [3.8, 4) is 0 Å². The Balaban J connectivity index is 0.00000210. The summed E-state index contributed by atoms with van der Waals surface area (Å²) in [6, 6.07) is 16.3. The van der Waals surface area contributed by atoms with Crippen LogP contribution < -0.4 is 5.32 Å². The Morgan fingerprint density at radius 1 is 0.963 bits per heavy atom. The zero-order valence-corrected chi connectivity index (χ0v) is 15.7. The number of hydrogen-bond donors (Lipinski definition) is 2. The van der Waals surface area contributed by atoms with Gasteiger partial charge in [-0.25, -0.2) is 8.78 Å². The van der Waals surface area contributed by atoms with Gasteiger partial charge in [0.1, 0.15) is 12.6 Å². The summed E-state index contributed by atoms with van der Waals surface area (Å²) in [5.41, 5.74) is 0.584. The molecule has 1 aliphatic rings. The molecule has 0 unspecified atom stereocenters. The van der Waals surface area contributed by atoms with Crippen LogP contribution >= 0.6 is 12.4 Å². The highest BCUT2D eigenvalue weighted by Crippen LogP contribution is 2.41. The topological polar surface area (TPSA) is 35.5 Å². The van der Waals surface area contributed by atoms with Gasteiger partial charge in [-0.1, -0.05) is 48.5 Å². The van der Waals surface area contributed by atoms with Crippen molar-refractivity contribution in [2.75, 3.05) is 32.8 Å². The van der Waals surface area contributed by atoms with E-state index in [1.54, 1.807) is 4.90 Å². The van der Waals surface area contributed by atoms with Gasteiger partial charge in [0.2, 0.25) is 0 Å². The van der Waals surface area contributed by atoms with Gasteiger partial charge in [0.25, 0.3) is 5.92 Å². The molecule has 0 radical (unpaired) electrons. The first-order valence-electron chi connectivity index (χ1n) is 8.95. The monoisotopic (exact) mass is 392 g/mol. The number of nitrogens with one attached hydrogen (secondary N) is 1. The van der Waals surface area contributed by atoms with Gasteiger partial charge in [-0.2, -0.15) is 0 Å². The van der Waals surface area contributed by atoms with Crippen molar-refractivity contribution >= 4 is 34.0 Å². The molecule has 6 heteroatoms. The molecule has 27 heavy (non-hydrogen) atoms. The van der Waals surface area contributed by atoms with Crippen LogP contribution in [0.5, 0.6) is 0 Å². The number of piperazine rings is 1. The SMILES string of the molecule is Cl.OCC(F)(F)[C@@H](c1cc2ccccc2c2ccccc12)N1CCNCC1. The van der Waals surface area contributed by atoms with Crippen molar-refractivity contribution in [1.29, 1.82) is 0 Å². The maximum atomic E-state index is 14.9. The highest BCUT2D eigenvalue weighted by atomic mass is 35.5. The number of halogens is 3. The molecule has 0 aliphatic carbocycles. The maximum Gasteiger partial charge on any atom is 0.289 e. The van der Waals surface area contributed by atoms with Crippen LogP contribution in [0.4, 0.5) is 8.78 Å². The lowest BCUT2D eigenvalue weighted by Gasteiger charge is -2.39. The van der Waals surface area contributed by atoms with E-state index < -0.39 is 18.6 Å². The Bertz CT molecular complexity index is 928. The third-order valence-corrected chi connectivity index (χ3v) is 5.22. The first-order chi connectivity index (χ1) is 12.6. The number of benzene rings is 3. The quantitative estimate of drug-likeness (QED) is 0.659. The van der Waals surface area contributed by atoms with Gasteiger partial charge in [0.05, 0.1) is 0 Å². The molecular formula is C21H23ClF2N2O. The molecule has 4 rings (SSSR count). The van der Waals surface area contributed by atoms with E-state index in [2.05, 4.69) is 5.32 Å². The fourth-order valence-electron chi connectivity index (χ4n) is 4.03. The molecule has 1 saturated heterocycles. The van der Waals surface area contributed by atoms with Gasteiger partial charge >= 0.3 is 0 Å². The molecule has 2 N–H and O–H groups in total. The average Bonchev–Trinajstić information content (AvgIpc) is 2.69. The Labute approximate surface area is 163 Å². The smallest absolute Gasteiger partial charge is 0.289 e. The van der Waals surface area contributed by atoms with Crippen molar-refractivity contribution in [3.63, 3.8) is 0 Å². The summed E-state index contributed by atoms with van der Waals surface area (Å²) >= 11 is 0. The third kappa shape index (κ3) is 3.65. The van der Waals surface area contributed by atoms with Crippen LogP contribution in [-0.4, -0.2) is 48.7 Å². The predicted octanol–water partition coefficient (Wildman–Crippen LogP) is 3.99. The number of rotatable bonds is 4. The molecule has 0 bridgehead atoms. The van der Waals surface area contributed by atoms with Crippen LogP contribution in [0.2, 0.25) is 0 Å². The highest BCUT2D eigenvalue weighted by Gasteiger charge is 2.44. The molecule has 3 aromatic carbocycles. The number of alkyl halides is 2. The van der Waals surface area contributed by atoms with Crippen molar-refractivity contribution in [2.24, 2.45) is 0 Å². The summed E-state index contributed by atoms with van der Waals surface area (Å²) in [7, 11) is 0. The zero-order chi connectivity index (χ0) is 18.1. The summed E-state index contributed by atoms with van der Waals surface area (Å²) in [4.78, 5) is 1.79. The normalized spacial score (nSPS) is 17.0. The van der Waals surface area contributed by atoms with Crippen LogP contribution in [0.25, 0.3) is 21.5 Å². The molecule has 144 valence electrons. The Morgan fingerprint density at radius 3 is 2.22 bits per heavy atom. The zero-order valence-electron chi connectivity index (χ0n) is 14.9. The van der Waals surface area contributed by atoms with Crippen LogP contribution in [0.3, 0.4) is 0 Å². The Hall–Kier alpha value is -1.79. The lowest BCUT2D eigenvalue weighted by molar-refractivity contribution is -0.118. The fourth-order valence-corrected chi connectivity index (χ4v) is 4.03. The molecule has 1 heterocycles. The summed E-state index contributed by atoms with van der Waals surface area (Å²) in [5.74, 6) is -3.22. The van der Waals surface area contributed by atoms with Crippen LogP contribution in [0.1, 0.15) is 11.6 Å². The van der Waals surface area contributed by atoms with Gasteiger partial charge in [0, 0.05) is 26.2 Å².